The van der Waals surface area contributed by atoms with E-state index in [2.05, 4.69) is 14.8 Å². The number of esters is 1. The number of rotatable bonds is 4. The van der Waals surface area contributed by atoms with E-state index in [1.807, 2.05) is 0 Å². The van der Waals surface area contributed by atoms with E-state index in [0.29, 0.717) is 21.6 Å². The molecular formula is C16H15N5O5S. The van der Waals surface area contributed by atoms with Crippen molar-refractivity contribution in [1.29, 1.82) is 0 Å². The molecule has 3 rings (SSSR count). The second-order valence-electron chi connectivity index (χ2n) is 5.67. The Morgan fingerprint density at radius 1 is 1.37 bits per heavy atom. The van der Waals surface area contributed by atoms with Crippen LogP contribution in [0.25, 0.3) is 10.2 Å². The molecule has 0 aliphatic heterocycles. The molecule has 0 radical (unpaired) electrons. The van der Waals surface area contributed by atoms with Gasteiger partial charge in [0.1, 0.15) is 12.2 Å². The molecule has 0 spiro atoms. The van der Waals surface area contributed by atoms with Crippen LogP contribution in [0.15, 0.2) is 29.3 Å². The van der Waals surface area contributed by atoms with Crippen molar-refractivity contribution in [2.24, 2.45) is 12.0 Å². The molecule has 11 heteroatoms. The number of nitro groups is 1. The predicted octanol–water partition coefficient (Wildman–Crippen LogP) is 1.57. The second kappa shape index (κ2) is 7.11. The number of fused-ring (bicyclic) bond motifs is 1. The Kier molecular flexibility index (Phi) is 4.86. The monoisotopic (exact) mass is 389 g/mol. The molecule has 0 N–H and O–H groups in total. The fourth-order valence-corrected chi connectivity index (χ4v) is 3.57. The zero-order valence-electron chi connectivity index (χ0n) is 14.7. The van der Waals surface area contributed by atoms with Crippen molar-refractivity contribution in [3.05, 3.63) is 50.6 Å². The molecule has 2 heterocycles. The molecule has 0 aliphatic carbocycles. The summed E-state index contributed by atoms with van der Waals surface area (Å²) in [6.45, 7) is 1.53. The van der Waals surface area contributed by atoms with Gasteiger partial charge in [-0.05, 0) is 19.1 Å². The Hall–Kier alpha value is -3.34. The highest BCUT2D eigenvalue weighted by Gasteiger charge is 2.17. The molecule has 0 atom stereocenters. The Balaban J connectivity index is 2.19. The lowest BCUT2D eigenvalue weighted by molar-refractivity contribution is -0.384. The van der Waals surface area contributed by atoms with Crippen LogP contribution >= 0.6 is 11.3 Å². The number of hydrogen-bond acceptors (Lipinski definition) is 7. The zero-order chi connectivity index (χ0) is 19.7. The van der Waals surface area contributed by atoms with E-state index in [-0.39, 0.29) is 17.0 Å². The summed E-state index contributed by atoms with van der Waals surface area (Å²) in [5.41, 5.74) is 1.26. The average Bonchev–Trinajstić information content (AvgIpc) is 3.13. The maximum atomic E-state index is 12.5. The minimum absolute atomic E-state index is 0.126. The van der Waals surface area contributed by atoms with E-state index in [4.69, 9.17) is 0 Å². The second-order valence-corrected chi connectivity index (χ2v) is 6.68. The van der Waals surface area contributed by atoms with Gasteiger partial charge >= 0.3 is 5.97 Å². The summed E-state index contributed by atoms with van der Waals surface area (Å²) in [5, 5.41) is 15.2. The lowest BCUT2D eigenvalue weighted by Crippen LogP contribution is -2.22. The smallest absolute Gasteiger partial charge is 0.325 e. The Bertz CT molecular complexity index is 1140. The first-order chi connectivity index (χ1) is 12.8. The summed E-state index contributed by atoms with van der Waals surface area (Å²) in [4.78, 5) is 39.2. The molecule has 1 amide bonds. The molecule has 1 aromatic carbocycles. The standard InChI is InChI=1S/C16H15N5O5S/c1-9-6-12(19(2)18-9)15(23)17-16-20(8-14(22)26-3)11-7-10(21(24)25)4-5-13(11)27-16/h4-7H,8H2,1-3H3. The van der Waals surface area contributed by atoms with Crippen molar-refractivity contribution in [3.63, 3.8) is 0 Å². The summed E-state index contributed by atoms with van der Waals surface area (Å²) in [7, 11) is 2.87. The van der Waals surface area contributed by atoms with Crippen molar-refractivity contribution >= 4 is 39.1 Å². The normalized spacial score (nSPS) is 11.7. The van der Waals surface area contributed by atoms with Crippen LogP contribution < -0.4 is 4.80 Å². The number of nitro benzene ring substituents is 1. The molecule has 0 saturated heterocycles. The molecule has 140 valence electrons. The highest BCUT2D eigenvalue weighted by molar-refractivity contribution is 7.16. The van der Waals surface area contributed by atoms with E-state index in [0.717, 1.165) is 11.3 Å². The highest BCUT2D eigenvalue weighted by Crippen LogP contribution is 2.23. The van der Waals surface area contributed by atoms with Gasteiger partial charge in [-0.25, -0.2) is 0 Å². The lowest BCUT2D eigenvalue weighted by Gasteiger charge is -2.03. The number of methoxy groups -OCH3 is 1. The quantitative estimate of drug-likeness (QED) is 0.379. The summed E-state index contributed by atoms with van der Waals surface area (Å²) in [6.07, 6.45) is 0. The number of ether oxygens (including phenoxy) is 1. The van der Waals surface area contributed by atoms with Gasteiger partial charge in [-0.2, -0.15) is 10.1 Å². The van der Waals surface area contributed by atoms with Gasteiger partial charge in [0, 0.05) is 19.2 Å². The molecule has 3 aromatic rings. The minimum atomic E-state index is -0.563. The third-order valence-corrected chi connectivity index (χ3v) is 4.87. The van der Waals surface area contributed by atoms with Gasteiger partial charge in [-0.3, -0.25) is 24.4 Å². The van der Waals surface area contributed by atoms with Gasteiger partial charge in [0.15, 0.2) is 4.80 Å². The summed E-state index contributed by atoms with van der Waals surface area (Å²) in [6, 6.07) is 5.86. The van der Waals surface area contributed by atoms with Crippen LogP contribution in [-0.4, -0.2) is 38.3 Å². The number of nitrogens with zero attached hydrogens (tertiary/aromatic N) is 5. The van der Waals surface area contributed by atoms with Gasteiger partial charge in [0.05, 0.1) is 27.9 Å². The maximum Gasteiger partial charge on any atom is 0.325 e. The van der Waals surface area contributed by atoms with Gasteiger partial charge in [-0.1, -0.05) is 11.3 Å². The fourth-order valence-electron chi connectivity index (χ4n) is 2.56. The number of thiazole rings is 1. The average molecular weight is 389 g/mol. The number of benzene rings is 1. The Labute approximate surface area is 156 Å². The van der Waals surface area contributed by atoms with Crippen LogP contribution in [0.1, 0.15) is 16.2 Å². The first-order valence-corrected chi connectivity index (χ1v) is 8.56. The van der Waals surface area contributed by atoms with Gasteiger partial charge in [-0.15, -0.1) is 0 Å². The largest absolute Gasteiger partial charge is 0.468 e. The maximum absolute atomic E-state index is 12.5. The van der Waals surface area contributed by atoms with Crippen LogP contribution in [0.4, 0.5) is 5.69 Å². The molecular weight excluding hydrogens is 374 g/mol. The van der Waals surface area contributed by atoms with Crippen LogP contribution in [0.5, 0.6) is 0 Å². The third-order valence-electron chi connectivity index (χ3n) is 3.81. The van der Waals surface area contributed by atoms with Crippen LogP contribution in [-0.2, 0) is 23.1 Å². The van der Waals surface area contributed by atoms with E-state index < -0.39 is 16.8 Å². The molecule has 27 heavy (non-hydrogen) atoms. The van der Waals surface area contributed by atoms with Crippen molar-refractivity contribution in [2.45, 2.75) is 13.5 Å². The summed E-state index contributed by atoms with van der Waals surface area (Å²) in [5.74, 6) is -1.09. The van der Waals surface area contributed by atoms with E-state index in [1.165, 1.54) is 28.5 Å². The number of amides is 1. The van der Waals surface area contributed by atoms with E-state index in [9.17, 15) is 19.7 Å². The molecule has 0 saturated carbocycles. The number of carbonyl (C=O) groups is 2. The zero-order valence-corrected chi connectivity index (χ0v) is 15.5. The first kappa shape index (κ1) is 18.5. The topological polar surface area (TPSA) is 122 Å². The molecule has 0 bridgehead atoms. The number of aryl methyl sites for hydroxylation is 2. The van der Waals surface area contributed by atoms with Gasteiger partial charge in [0.2, 0.25) is 0 Å². The first-order valence-electron chi connectivity index (χ1n) is 7.74. The van der Waals surface area contributed by atoms with Crippen LogP contribution in [0.3, 0.4) is 0 Å². The lowest BCUT2D eigenvalue weighted by atomic mass is 10.3. The molecule has 0 aliphatic rings. The molecule has 2 aromatic heterocycles. The molecule has 0 fully saturated rings. The van der Waals surface area contributed by atoms with Gasteiger partial charge < -0.3 is 9.30 Å². The Morgan fingerprint density at radius 3 is 2.70 bits per heavy atom. The van der Waals surface area contributed by atoms with Crippen molar-refractivity contribution in [1.82, 2.24) is 14.3 Å². The van der Waals surface area contributed by atoms with Crippen molar-refractivity contribution in [2.75, 3.05) is 7.11 Å². The van der Waals surface area contributed by atoms with Crippen molar-refractivity contribution < 1.29 is 19.2 Å². The number of hydrogen-bond donors (Lipinski definition) is 0. The summed E-state index contributed by atoms with van der Waals surface area (Å²) < 4.78 is 8.19. The van der Waals surface area contributed by atoms with E-state index >= 15 is 0 Å². The molecule has 0 unspecified atom stereocenters. The van der Waals surface area contributed by atoms with Crippen LogP contribution in [0.2, 0.25) is 0 Å². The van der Waals surface area contributed by atoms with Crippen molar-refractivity contribution in [3.8, 4) is 0 Å². The molecule has 10 nitrogen and oxygen atoms in total. The van der Waals surface area contributed by atoms with Crippen LogP contribution in [0, 0.1) is 17.0 Å². The number of non-ortho nitro benzene ring substituents is 1. The third kappa shape index (κ3) is 3.62. The fraction of sp³-hybridized carbons (Fsp3) is 0.250. The summed E-state index contributed by atoms with van der Waals surface area (Å²) >= 11 is 1.15. The minimum Gasteiger partial charge on any atom is -0.468 e. The highest BCUT2D eigenvalue weighted by atomic mass is 32.1. The SMILES string of the molecule is COC(=O)Cn1c(=NC(=O)c2cc(C)nn2C)sc2ccc([N+](=O)[O-])cc21. The predicted molar refractivity (Wildman–Crippen MR) is 96.3 cm³/mol. The number of carbonyl (C=O) groups excluding carboxylic acids is 2. The number of aromatic nitrogens is 3. The Morgan fingerprint density at radius 2 is 2.11 bits per heavy atom. The van der Waals surface area contributed by atoms with E-state index in [1.54, 1.807) is 26.1 Å². The van der Waals surface area contributed by atoms with Gasteiger partial charge in [0.25, 0.3) is 11.6 Å².